The number of allylic oxidation sites excluding steroid dienone is 1. The van der Waals surface area contributed by atoms with Crippen LogP contribution in [0.3, 0.4) is 0 Å². The van der Waals surface area contributed by atoms with Gasteiger partial charge in [0.25, 0.3) is 0 Å². The van der Waals surface area contributed by atoms with E-state index in [2.05, 4.69) is 17.6 Å². The number of hydrogen-bond acceptors (Lipinski definition) is 4. The molecule has 1 aliphatic heterocycles. The summed E-state index contributed by atoms with van der Waals surface area (Å²) < 4.78 is 5.48. The number of esters is 1. The van der Waals surface area contributed by atoms with Crippen molar-refractivity contribution in [3.63, 3.8) is 0 Å². The summed E-state index contributed by atoms with van der Waals surface area (Å²) in [6.45, 7) is 9.70. The third-order valence-corrected chi connectivity index (χ3v) is 5.99. The van der Waals surface area contributed by atoms with E-state index in [1.807, 2.05) is 59.0 Å². The second-order valence-electron chi connectivity index (χ2n) is 8.25. The largest absolute Gasteiger partial charge is 0.459 e. The van der Waals surface area contributed by atoms with Gasteiger partial charge in [-0.25, -0.2) is 4.79 Å². The van der Waals surface area contributed by atoms with E-state index in [1.54, 1.807) is 4.90 Å². The molecular formula is C24H35N3O3S. The number of carbonyl (C=O) groups is 2. The van der Waals surface area contributed by atoms with Crippen LogP contribution in [0.1, 0.15) is 71.9 Å². The smallest absolute Gasteiger partial charge is 0.338 e. The van der Waals surface area contributed by atoms with Crippen LogP contribution < -0.4 is 10.6 Å². The van der Waals surface area contributed by atoms with Crippen molar-refractivity contribution in [2.24, 2.45) is 5.92 Å². The lowest BCUT2D eigenvalue weighted by molar-refractivity contribution is -0.143. The molecule has 0 radical (unpaired) electrons. The highest BCUT2D eigenvalue weighted by molar-refractivity contribution is 7.80. The Morgan fingerprint density at radius 1 is 1.23 bits per heavy atom. The number of anilines is 1. The summed E-state index contributed by atoms with van der Waals surface area (Å²) >= 11 is 5.44. The highest BCUT2D eigenvalue weighted by atomic mass is 32.1. The first-order valence-electron chi connectivity index (χ1n) is 11.1. The molecule has 2 unspecified atom stereocenters. The van der Waals surface area contributed by atoms with Gasteiger partial charge in [-0.05, 0) is 63.5 Å². The summed E-state index contributed by atoms with van der Waals surface area (Å²) in [5, 5.41) is 6.80. The maximum Gasteiger partial charge on any atom is 0.338 e. The Kier molecular flexibility index (Phi) is 9.04. The first-order valence-corrected chi connectivity index (χ1v) is 11.5. The summed E-state index contributed by atoms with van der Waals surface area (Å²) in [6, 6.07) is 7.13. The molecule has 170 valence electrons. The molecule has 7 heteroatoms. The number of nitrogens with zero attached hydrogens (tertiary/aromatic N) is 1. The normalized spacial score (nSPS) is 17.5. The molecular weight excluding hydrogens is 410 g/mol. The molecule has 1 aliphatic rings. The van der Waals surface area contributed by atoms with E-state index in [0.29, 0.717) is 10.7 Å². The molecule has 0 saturated carbocycles. The summed E-state index contributed by atoms with van der Waals surface area (Å²) in [5.74, 6) is -0.284. The van der Waals surface area contributed by atoms with E-state index < -0.39 is 6.04 Å². The molecule has 0 fully saturated rings. The van der Waals surface area contributed by atoms with E-state index in [0.717, 1.165) is 42.6 Å². The monoisotopic (exact) mass is 445 g/mol. The molecule has 6 nitrogen and oxygen atoms in total. The number of thiocarbonyl (C=S) groups is 1. The number of benzene rings is 1. The zero-order chi connectivity index (χ0) is 23.1. The molecule has 2 N–H and O–H groups in total. The number of unbranched alkanes of at least 4 members (excludes halogenated alkanes) is 1. The Morgan fingerprint density at radius 3 is 2.42 bits per heavy atom. The van der Waals surface area contributed by atoms with E-state index in [4.69, 9.17) is 17.0 Å². The van der Waals surface area contributed by atoms with Crippen LogP contribution in [-0.2, 0) is 14.3 Å². The first-order chi connectivity index (χ1) is 14.7. The SMILES string of the molecule is CCCCC(CC)C(=O)Nc1ccc(C2NC(=S)N(C)C(C)=C2C(=O)OC(C)C)cc1. The molecule has 1 amide bonds. The summed E-state index contributed by atoms with van der Waals surface area (Å²) in [7, 11) is 1.82. The van der Waals surface area contributed by atoms with Gasteiger partial charge in [0.2, 0.25) is 5.91 Å². The second-order valence-corrected chi connectivity index (χ2v) is 8.64. The van der Waals surface area contributed by atoms with Gasteiger partial charge in [-0.15, -0.1) is 0 Å². The minimum absolute atomic E-state index is 0.0236. The molecule has 0 spiro atoms. The Hall–Kier alpha value is -2.41. The third kappa shape index (κ3) is 6.29. The van der Waals surface area contributed by atoms with Gasteiger partial charge in [0.05, 0.1) is 17.7 Å². The lowest BCUT2D eigenvalue weighted by Gasteiger charge is -2.35. The second kappa shape index (κ2) is 11.3. The molecule has 1 aromatic carbocycles. The molecule has 0 bridgehead atoms. The standard InChI is InChI=1S/C24H35N3O3S/c1-7-9-10-17(8-2)22(28)25-19-13-11-18(12-14-19)21-20(23(29)30-15(3)4)16(5)27(6)24(31)26-21/h11-15,17,21H,7-10H2,1-6H3,(H,25,28)(H,26,31). The zero-order valence-corrected chi connectivity index (χ0v) is 20.3. The Balaban J connectivity index is 2.24. The van der Waals surface area contributed by atoms with E-state index in [9.17, 15) is 9.59 Å². The molecule has 2 rings (SSSR count). The van der Waals surface area contributed by atoms with Crippen molar-refractivity contribution in [3.8, 4) is 0 Å². The van der Waals surface area contributed by atoms with Crippen LogP contribution in [-0.4, -0.2) is 35.0 Å². The van der Waals surface area contributed by atoms with Crippen LogP contribution in [0.2, 0.25) is 0 Å². The molecule has 2 atom stereocenters. The van der Waals surface area contributed by atoms with Crippen LogP contribution in [0.5, 0.6) is 0 Å². The molecule has 0 aliphatic carbocycles. The number of nitrogens with one attached hydrogen (secondary N) is 2. The quantitative estimate of drug-likeness (QED) is 0.415. The molecule has 1 aromatic rings. The van der Waals surface area contributed by atoms with Gasteiger partial charge in [-0.3, -0.25) is 4.79 Å². The summed E-state index contributed by atoms with van der Waals surface area (Å²) in [5.41, 5.74) is 2.92. The number of amides is 1. The van der Waals surface area contributed by atoms with Gasteiger partial charge in [0.15, 0.2) is 5.11 Å². The van der Waals surface area contributed by atoms with Crippen molar-refractivity contribution in [1.82, 2.24) is 10.2 Å². The molecule has 1 heterocycles. The van der Waals surface area contributed by atoms with Crippen molar-refractivity contribution < 1.29 is 14.3 Å². The van der Waals surface area contributed by atoms with E-state index in [-0.39, 0.29) is 23.9 Å². The van der Waals surface area contributed by atoms with Crippen molar-refractivity contribution in [2.45, 2.75) is 72.4 Å². The number of ether oxygens (including phenoxy) is 1. The predicted octanol–water partition coefficient (Wildman–Crippen LogP) is 4.93. The van der Waals surface area contributed by atoms with Crippen LogP contribution in [0.25, 0.3) is 0 Å². The van der Waals surface area contributed by atoms with Crippen molar-refractivity contribution in [3.05, 3.63) is 41.1 Å². The van der Waals surface area contributed by atoms with Crippen LogP contribution >= 0.6 is 12.2 Å². The lowest BCUT2D eigenvalue weighted by atomic mass is 9.94. The fourth-order valence-electron chi connectivity index (χ4n) is 3.60. The lowest BCUT2D eigenvalue weighted by Crippen LogP contribution is -2.46. The predicted molar refractivity (Wildman–Crippen MR) is 129 cm³/mol. The van der Waals surface area contributed by atoms with Gasteiger partial charge in [0, 0.05) is 24.4 Å². The molecule has 0 saturated heterocycles. The average molecular weight is 446 g/mol. The van der Waals surface area contributed by atoms with Crippen LogP contribution in [0.15, 0.2) is 35.5 Å². The fraction of sp³-hybridized carbons (Fsp3) is 0.542. The first kappa shape index (κ1) is 24.9. The highest BCUT2D eigenvalue weighted by Crippen LogP contribution is 2.31. The van der Waals surface area contributed by atoms with Crippen LogP contribution in [0, 0.1) is 5.92 Å². The van der Waals surface area contributed by atoms with Gasteiger partial charge >= 0.3 is 5.97 Å². The van der Waals surface area contributed by atoms with Crippen molar-refractivity contribution >= 4 is 34.9 Å². The molecule has 31 heavy (non-hydrogen) atoms. The number of carbonyl (C=O) groups excluding carboxylic acids is 2. The number of hydrogen-bond donors (Lipinski definition) is 2. The minimum atomic E-state index is -0.410. The van der Waals surface area contributed by atoms with Crippen molar-refractivity contribution in [2.75, 3.05) is 12.4 Å². The van der Waals surface area contributed by atoms with Gasteiger partial charge < -0.3 is 20.3 Å². The van der Waals surface area contributed by atoms with Gasteiger partial charge in [-0.2, -0.15) is 0 Å². The van der Waals surface area contributed by atoms with E-state index >= 15 is 0 Å². The Bertz CT molecular complexity index is 833. The number of rotatable bonds is 9. The minimum Gasteiger partial charge on any atom is -0.459 e. The summed E-state index contributed by atoms with van der Waals surface area (Å²) in [6.07, 6.45) is 3.64. The third-order valence-electron chi connectivity index (χ3n) is 5.60. The highest BCUT2D eigenvalue weighted by Gasteiger charge is 2.33. The Morgan fingerprint density at radius 2 is 1.87 bits per heavy atom. The van der Waals surface area contributed by atoms with Crippen molar-refractivity contribution in [1.29, 1.82) is 0 Å². The fourth-order valence-corrected chi connectivity index (χ4v) is 3.86. The zero-order valence-electron chi connectivity index (χ0n) is 19.5. The van der Waals surface area contributed by atoms with E-state index in [1.165, 1.54) is 0 Å². The maximum atomic E-state index is 12.8. The molecule has 0 aromatic heterocycles. The summed E-state index contributed by atoms with van der Waals surface area (Å²) in [4.78, 5) is 27.2. The maximum absolute atomic E-state index is 12.8. The van der Waals surface area contributed by atoms with Crippen LogP contribution in [0.4, 0.5) is 5.69 Å². The average Bonchev–Trinajstić information content (AvgIpc) is 2.72. The van der Waals surface area contributed by atoms with Gasteiger partial charge in [-0.1, -0.05) is 38.8 Å². The Labute approximate surface area is 191 Å². The topological polar surface area (TPSA) is 70.7 Å². The van der Waals surface area contributed by atoms with Gasteiger partial charge in [0.1, 0.15) is 0 Å².